The van der Waals surface area contributed by atoms with Gasteiger partial charge in [0.2, 0.25) is 5.95 Å². The van der Waals surface area contributed by atoms with E-state index in [1.54, 1.807) is 16.9 Å². The smallest absolute Gasteiger partial charge is 0.389 e. The topological polar surface area (TPSA) is 248 Å². The second-order valence-corrected chi connectivity index (χ2v) is 15.1. The number of carbonyl (C=O) groups is 3. The number of halogens is 7. The molecule has 5 rings (SSSR count). The van der Waals surface area contributed by atoms with Gasteiger partial charge in [-0.05, 0) is 61.4 Å². The molecule has 2 amide bonds. The van der Waals surface area contributed by atoms with Crippen molar-refractivity contribution in [3.63, 3.8) is 0 Å². The van der Waals surface area contributed by atoms with Gasteiger partial charge in [0, 0.05) is 23.6 Å². The van der Waals surface area contributed by atoms with Crippen LogP contribution in [0.3, 0.4) is 0 Å². The first-order chi connectivity index (χ1) is 29.5. The molecule has 0 spiro atoms. The van der Waals surface area contributed by atoms with Crippen LogP contribution in [0.1, 0.15) is 38.5 Å². The summed E-state index contributed by atoms with van der Waals surface area (Å²) in [6, 6.07) is 15.1. The number of nitro benzene ring substituents is 1. The molecule has 63 heavy (non-hydrogen) atoms. The number of nitrogens with zero attached hydrogens (tertiary/aromatic N) is 4. The molecule has 0 fully saturated rings. The largest absolute Gasteiger partial charge is 0.494 e. The molecule has 0 saturated carbocycles. The van der Waals surface area contributed by atoms with Crippen molar-refractivity contribution < 1.29 is 64.9 Å². The third-order valence-corrected chi connectivity index (χ3v) is 10.0. The molecule has 1 heterocycles. The Kier molecular flexibility index (Phi) is 18.5. The predicted molar refractivity (Wildman–Crippen MR) is 222 cm³/mol. The van der Waals surface area contributed by atoms with Crippen molar-refractivity contribution in [3.8, 4) is 23.3 Å². The zero-order valence-corrected chi connectivity index (χ0v) is 36.5. The molecule has 0 aliphatic rings. The lowest BCUT2D eigenvalue weighted by Crippen LogP contribution is -2.35. The van der Waals surface area contributed by atoms with Gasteiger partial charge >= 0.3 is 30.2 Å². The van der Waals surface area contributed by atoms with E-state index in [0.717, 1.165) is 19.2 Å². The highest BCUT2D eigenvalue weighted by molar-refractivity contribution is 7.90. The molecule has 0 saturated heterocycles. The molecule has 1 aromatic heterocycles. The number of carbonyl (C=O) groups excluding carboxylic acids is 2. The van der Waals surface area contributed by atoms with Gasteiger partial charge in [-0.25, -0.2) is 27.5 Å². The Labute approximate surface area is 375 Å². The number of rotatable bonds is 12. The number of benzene rings is 4. The first-order valence-corrected chi connectivity index (χ1v) is 20.0. The average molecular weight is 983 g/mol. The average Bonchev–Trinajstić information content (AvgIpc) is 3.21. The van der Waals surface area contributed by atoms with Crippen LogP contribution in [-0.4, -0.2) is 78.9 Å². The number of nitrogens with one attached hydrogen (secondary N) is 2. The number of nitro groups is 1. The van der Waals surface area contributed by atoms with E-state index in [0.29, 0.717) is 10.8 Å². The Hall–Kier alpha value is -6.20. The molecule has 0 radical (unpaired) electrons. The van der Waals surface area contributed by atoms with Crippen molar-refractivity contribution in [1.82, 2.24) is 19.7 Å². The van der Waals surface area contributed by atoms with E-state index in [-0.39, 0.29) is 66.7 Å². The number of aromatic nitrogens is 3. The summed E-state index contributed by atoms with van der Waals surface area (Å²) in [6.07, 6.45) is -6.20. The van der Waals surface area contributed by atoms with Gasteiger partial charge in [0.1, 0.15) is 28.5 Å². The Morgan fingerprint density at radius 2 is 1.54 bits per heavy atom. The minimum absolute atomic E-state index is 0.0715. The molecule has 5 aromatic rings. The Bertz CT molecular complexity index is 2610. The van der Waals surface area contributed by atoms with E-state index in [2.05, 4.69) is 25.0 Å². The fraction of sp³-hybridized carbons (Fsp3) is 0.189. The lowest BCUT2D eigenvalue weighted by Gasteiger charge is -2.13. The predicted octanol–water partition coefficient (Wildman–Crippen LogP) is 9.37. The maximum atomic E-state index is 12.5. The number of aryl methyl sites for hydroxylation is 2. The molecule has 4 aromatic carbocycles. The second kappa shape index (κ2) is 22.8. The molecular formula is C37H31Cl4F3N6O12S. The number of anilines is 1. The van der Waals surface area contributed by atoms with Crippen LogP contribution in [0.5, 0.6) is 23.3 Å². The standard InChI is InChI=1S/C15H16F3N5O4S.C14H9Cl2NO5.C8H6Cl2O3/c1-9-19-12(22-14(20-9)27-2)21-13(24)23-28(25,26)11-6-4-3-5-10(11)7-8-15(16,17)18;1-21-14(18)10-7-9(3-4-12(10)17(19)20)22-13-5-2-8(15)6-11(13)16;1-13-7-5(10)3-2-4(9)6(7)8(11)12/h3-6H,7-8H2,1-2H3,(H2,19,20,21,22,23,24);2-7H,1H3;2-3H,1H3,(H,11,12). The van der Waals surface area contributed by atoms with E-state index in [9.17, 15) is 46.1 Å². The van der Waals surface area contributed by atoms with Crippen molar-refractivity contribution in [2.45, 2.75) is 30.8 Å². The number of hydrogen-bond donors (Lipinski definition) is 3. The van der Waals surface area contributed by atoms with Gasteiger partial charge in [0.25, 0.3) is 15.7 Å². The van der Waals surface area contributed by atoms with Crippen LogP contribution in [0.15, 0.2) is 77.7 Å². The summed E-state index contributed by atoms with van der Waals surface area (Å²) in [5.74, 6) is -1.46. The fourth-order valence-electron chi connectivity index (χ4n) is 4.79. The monoisotopic (exact) mass is 980 g/mol. The number of aromatic carboxylic acids is 1. The lowest BCUT2D eigenvalue weighted by atomic mass is 10.1. The molecule has 0 bridgehead atoms. The maximum Gasteiger partial charge on any atom is 0.389 e. The lowest BCUT2D eigenvalue weighted by molar-refractivity contribution is -0.385. The molecule has 336 valence electrons. The highest BCUT2D eigenvalue weighted by Crippen LogP contribution is 2.35. The van der Waals surface area contributed by atoms with Crippen molar-refractivity contribution in [2.24, 2.45) is 0 Å². The SMILES string of the molecule is COC(=O)c1cc(Oc2ccc(Cl)cc2Cl)ccc1[N+](=O)[O-].COc1c(Cl)ccc(Cl)c1C(=O)O.COc1nc(C)nc(NC(=O)NS(=O)(=O)c2ccccc2CCC(F)(F)F)n1. The number of esters is 1. The summed E-state index contributed by atoms with van der Waals surface area (Å²) < 4.78 is 83.6. The third-order valence-electron chi connectivity index (χ3n) is 7.47. The molecule has 26 heteroatoms. The van der Waals surface area contributed by atoms with E-state index in [1.165, 1.54) is 69.7 Å². The van der Waals surface area contributed by atoms with Crippen molar-refractivity contribution >= 4 is 86.0 Å². The van der Waals surface area contributed by atoms with Crippen molar-refractivity contribution in [1.29, 1.82) is 0 Å². The van der Waals surface area contributed by atoms with E-state index in [1.807, 2.05) is 0 Å². The Balaban J connectivity index is 0.000000268. The normalized spacial score (nSPS) is 10.8. The van der Waals surface area contributed by atoms with E-state index >= 15 is 0 Å². The summed E-state index contributed by atoms with van der Waals surface area (Å²) in [5.41, 5.74) is -0.772. The summed E-state index contributed by atoms with van der Waals surface area (Å²) in [6.45, 7) is 1.50. The van der Waals surface area contributed by atoms with Gasteiger partial charge in [-0.2, -0.15) is 28.1 Å². The number of hydrogen-bond acceptors (Lipinski definition) is 14. The Morgan fingerprint density at radius 1 is 0.873 bits per heavy atom. The number of amides is 2. The van der Waals surface area contributed by atoms with Crippen LogP contribution < -0.4 is 24.2 Å². The molecule has 3 N–H and O–H groups in total. The number of sulfonamides is 1. The highest BCUT2D eigenvalue weighted by Gasteiger charge is 2.29. The van der Waals surface area contributed by atoms with E-state index < -0.39 is 56.8 Å². The first kappa shape index (κ1) is 51.2. The van der Waals surface area contributed by atoms with Crippen LogP contribution in [0.4, 0.5) is 29.6 Å². The second-order valence-electron chi connectivity index (χ2n) is 11.8. The van der Waals surface area contributed by atoms with Crippen LogP contribution in [0.2, 0.25) is 20.1 Å². The highest BCUT2D eigenvalue weighted by atomic mass is 35.5. The van der Waals surface area contributed by atoms with Gasteiger partial charge in [-0.3, -0.25) is 15.4 Å². The van der Waals surface area contributed by atoms with Crippen LogP contribution >= 0.6 is 46.4 Å². The number of carboxylic acids is 1. The van der Waals surface area contributed by atoms with Crippen molar-refractivity contribution in [3.05, 3.63) is 126 Å². The van der Waals surface area contributed by atoms with Crippen LogP contribution in [0.25, 0.3) is 0 Å². The number of methoxy groups -OCH3 is 3. The Morgan fingerprint density at radius 3 is 2.11 bits per heavy atom. The van der Waals surface area contributed by atoms with Crippen LogP contribution in [0, 0.1) is 17.0 Å². The fourth-order valence-corrected chi connectivity index (χ4v) is 6.88. The van der Waals surface area contributed by atoms with Gasteiger partial charge in [0.05, 0.1) is 46.2 Å². The zero-order chi connectivity index (χ0) is 47.2. The summed E-state index contributed by atoms with van der Waals surface area (Å²) >= 11 is 23.1. The van der Waals surface area contributed by atoms with Gasteiger partial charge in [0.15, 0.2) is 5.75 Å². The number of carboxylic acid groups (broad SMARTS) is 1. The van der Waals surface area contributed by atoms with Gasteiger partial charge < -0.3 is 24.1 Å². The summed E-state index contributed by atoms with van der Waals surface area (Å²) in [4.78, 5) is 55.5. The minimum atomic E-state index is -4.45. The van der Waals surface area contributed by atoms with Crippen molar-refractivity contribution in [2.75, 3.05) is 26.6 Å². The molecule has 18 nitrogen and oxygen atoms in total. The molecular weight excluding hydrogens is 951 g/mol. The van der Waals surface area contributed by atoms with Crippen LogP contribution in [-0.2, 0) is 21.2 Å². The third kappa shape index (κ3) is 15.3. The number of alkyl halides is 3. The number of urea groups is 1. The first-order valence-electron chi connectivity index (χ1n) is 17.0. The van der Waals surface area contributed by atoms with Gasteiger partial charge in [-0.15, -0.1) is 0 Å². The summed E-state index contributed by atoms with van der Waals surface area (Å²) in [7, 11) is -0.671. The molecule has 0 aliphatic heterocycles. The zero-order valence-electron chi connectivity index (χ0n) is 32.6. The van der Waals surface area contributed by atoms with E-state index in [4.69, 9.17) is 65.7 Å². The maximum absolute atomic E-state index is 12.5. The number of ether oxygens (including phenoxy) is 4. The molecule has 0 aliphatic carbocycles. The van der Waals surface area contributed by atoms with Gasteiger partial charge in [-0.1, -0.05) is 64.6 Å². The minimum Gasteiger partial charge on any atom is -0.494 e. The quantitative estimate of drug-likeness (QED) is 0.0598. The molecule has 0 unspecified atom stereocenters. The molecule has 0 atom stereocenters. The summed E-state index contributed by atoms with van der Waals surface area (Å²) in [5, 5.41) is 22.9.